The van der Waals surface area contributed by atoms with E-state index in [1.54, 1.807) is 44.2 Å². The summed E-state index contributed by atoms with van der Waals surface area (Å²) in [6.07, 6.45) is 0. The SMILES string of the molecule is CCOC(=O)c1ccc(NC(=O)c2ccc(NS(=O)(=O)c3ccccc3)c(C)c2)cc1Cl. The zero-order chi connectivity index (χ0) is 23.3. The van der Waals surface area contributed by atoms with E-state index in [1.807, 2.05) is 0 Å². The van der Waals surface area contributed by atoms with Crippen molar-refractivity contribution in [2.45, 2.75) is 18.7 Å². The Bertz CT molecular complexity index is 1260. The zero-order valence-corrected chi connectivity index (χ0v) is 19.0. The van der Waals surface area contributed by atoms with Crippen LogP contribution in [0.2, 0.25) is 5.02 Å². The molecule has 0 aromatic heterocycles. The van der Waals surface area contributed by atoms with Crippen molar-refractivity contribution in [1.82, 2.24) is 0 Å². The summed E-state index contributed by atoms with van der Waals surface area (Å²) in [7, 11) is -3.74. The maximum Gasteiger partial charge on any atom is 0.339 e. The van der Waals surface area contributed by atoms with Gasteiger partial charge in [0, 0.05) is 11.3 Å². The smallest absolute Gasteiger partial charge is 0.339 e. The third-order valence-corrected chi connectivity index (χ3v) is 6.20. The van der Waals surface area contributed by atoms with E-state index in [2.05, 4.69) is 10.0 Å². The molecule has 0 unspecified atom stereocenters. The Hall–Kier alpha value is -3.36. The van der Waals surface area contributed by atoms with E-state index in [1.165, 1.54) is 36.4 Å². The number of rotatable bonds is 7. The van der Waals surface area contributed by atoms with Gasteiger partial charge < -0.3 is 10.1 Å². The van der Waals surface area contributed by atoms with Crippen molar-refractivity contribution in [1.29, 1.82) is 0 Å². The second-order valence-corrected chi connectivity index (χ2v) is 8.91. The molecule has 7 nitrogen and oxygen atoms in total. The number of sulfonamides is 1. The summed E-state index contributed by atoms with van der Waals surface area (Å²) in [4.78, 5) is 24.6. The number of carbonyl (C=O) groups is 2. The molecule has 32 heavy (non-hydrogen) atoms. The quantitative estimate of drug-likeness (QED) is 0.477. The molecular formula is C23H21ClN2O5S. The number of ether oxygens (including phenoxy) is 1. The highest BCUT2D eigenvalue weighted by molar-refractivity contribution is 7.92. The number of halogens is 1. The highest BCUT2D eigenvalue weighted by atomic mass is 35.5. The molecule has 3 aromatic carbocycles. The average molecular weight is 473 g/mol. The Morgan fingerprint density at radius 3 is 2.34 bits per heavy atom. The Kier molecular flexibility index (Phi) is 7.17. The maximum atomic E-state index is 12.6. The van der Waals surface area contributed by atoms with Gasteiger partial charge in [-0.15, -0.1) is 0 Å². The molecule has 0 aliphatic rings. The third kappa shape index (κ3) is 5.46. The lowest BCUT2D eigenvalue weighted by Crippen LogP contribution is -2.15. The minimum Gasteiger partial charge on any atom is -0.462 e. The number of anilines is 2. The van der Waals surface area contributed by atoms with Gasteiger partial charge in [0.1, 0.15) is 0 Å². The van der Waals surface area contributed by atoms with E-state index in [-0.39, 0.29) is 22.1 Å². The lowest BCUT2D eigenvalue weighted by molar-refractivity contribution is 0.0526. The molecular weight excluding hydrogens is 452 g/mol. The lowest BCUT2D eigenvalue weighted by atomic mass is 10.1. The Morgan fingerprint density at radius 1 is 1.00 bits per heavy atom. The molecule has 0 bridgehead atoms. The highest BCUT2D eigenvalue weighted by Gasteiger charge is 2.17. The van der Waals surface area contributed by atoms with Crippen LogP contribution in [0, 0.1) is 6.92 Å². The topological polar surface area (TPSA) is 102 Å². The van der Waals surface area contributed by atoms with Crippen LogP contribution in [0.4, 0.5) is 11.4 Å². The van der Waals surface area contributed by atoms with Crippen LogP contribution in [-0.4, -0.2) is 26.9 Å². The van der Waals surface area contributed by atoms with Crippen LogP contribution < -0.4 is 10.0 Å². The van der Waals surface area contributed by atoms with E-state index >= 15 is 0 Å². The van der Waals surface area contributed by atoms with Crippen molar-refractivity contribution >= 4 is 44.9 Å². The molecule has 3 rings (SSSR count). The summed E-state index contributed by atoms with van der Waals surface area (Å²) >= 11 is 6.13. The second kappa shape index (κ2) is 9.84. The summed E-state index contributed by atoms with van der Waals surface area (Å²) in [6.45, 7) is 3.62. The van der Waals surface area contributed by atoms with Crippen LogP contribution in [0.1, 0.15) is 33.2 Å². The summed E-state index contributed by atoms with van der Waals surface area (Å²) in [6, 6.07) is 17.1. The minimum atomic E-state index is -3.74. The molecule has 2 N–H and O–H groups in total. The van der Waals surface area contributed by atoms with Gasteiger partial charge in [-0.2, -0.15) is 0 Å². The highest BCUT2D eigenvalue weighted by Crippen LogP contribution is 2.24. The lowest BCUT2D eigenvalue weighted by Gasteiger charge is -2.12. The molecule has 0 aliphatic carbocycles. The van der Waals surface area contributed by atoms with Crippen LogP contribution in [-0.2, 0) is 14.8 Å². The van der Waals surface area contributed by atoms with Crippen molar-refractivity contribution in [2.24, 2.45) is 0 Å². The second-order valence-electron chi connectivity index (χ2n) is 6.82. The molecule has 1 amide bonds. The van der Waals surface area contributed by atoms with E-state index in [4.69, 9.17) is 16.3 Å². The summed E-state index contributed by atoms with van der Waals surface area (Å²) in [5, 5.41) is 2.86. The zero-order valence-electron chi connectivity index (χ0n) is 17.4. The molecule has 0 spiro atoms. The molecule has 0 fully saturated rings. The van der Waals surface area contributed by atoms with Gasteiger partial charge in [-0.3, -0.25) is 9.52 Å². The van der Waals surface area contributed by atoms with E-state index in [0.29, 0.717) is 22.5 Å². The van der Waals surface area contributed by atoms with Gasteiger partial charge in [0.05, 0.1) is 27.8 Å². The first-order valence-corrected chi connectivity index (χ1v) is 11.5. The standard InChI is InChI=1S/C23H21ClN2O5S/c1-3-31-23(28)19-11-10-17(14-20(19)24)25-22(27)16-9-12-21(15(2)13-16)26-32(29,30)18-7-5-4-6-8-18/h4-14,26H,3H2,1-2H3,(H,25,27). The van der Waals surface area contributed by atoms with Crippen LogP contribution in [0.3, 0.4) is 0 Å². The first-order chi connectivity index (χ1) is 15.2. The van der Waals surface area contributed by atoms with Gasteiger partial charge in [-0.1, -0.05) is 29.8 Å². The first-order valence-electron chi connectivity index (χ1n) is 9.68. The maximum absolute atomic E-state index is 12.6. The summed E-state index contributed by atoms with van der Waals surface area (Å²) in [5.74, 6) is -0.954. The van der Waals surface area contributed by atoms with Gasteiger partial charge >= 0.3 is 5.97 Å². The largest absolute Gasteiger partial charge is 0.462 e. The Labute approximate surface area is 191 Å². The van der Waals surface area contributed by atoms with Gasteiger partial charge in [0.25, 0.3) is 15.9 Å². The molecule has 0 aliphatic heterocycles. The summed E-state index contributed by atoms with van der Waals surface area (Å²) in [5.41, 5.74) is 1.88. The number of esters is 1. The van der Waals surface area contributed by atoms with Gasteiger partial charge in [-0.05, 0) is 67.9 Å². The normalized spacial score (nSPS) is 11.0. The van der Waals surface area contributed by atoms with E-state index in [9.17, 15) is 18.0 Å². The van der Waals surface area contributed by atoms with E-state index < -0.39 is 21.9 Å². The molecule has 0 heterocycles. The number of hydrogen-bond acceptors (Lipinski definition) is 5. The van der Waals surface area contributed by atoms with Gasteiger partial charge in [-0.25, -0.2) is 13.2 Å². The third-order valence-electron chi connectivity index (χ3n) is 4.51. The van der Waals surface area contributed by atoms with Crippen LogP contribution in [0.25, 0.3) is 0 Å². The van der Waals surface area contributed by atoms with Crippen molar-refractivity contribution < 1.29 is 22.7 Å². The first kappa shape index (κ1) is 23.3. The molecule has 0 saturated carbocycles. The number of aryl methyl sites for hydroxylation is 1. The van der Waals surface area contributed by atoms with Gasteiger partial charge in [0.2, 0.25) is 0 Å². The molecule has 0 atom stereocenters. The minimum absolute atomic E-state index is 0.143. The van der Waals surface area contributed by atoms with Crippen molar-refractivity contribution in [2.75, 3.05) is 16.6 Å². The summed E-state index contributed by atoms with van der Waals surface area (Å²) < 4.78 is 32.5. The fraction of sp³-hybridized carbons (Fsp3) is 0.130. The van der Waals surface area contributed by atoms with Crippen LogP contribution in [0.5, 0.6) is 0 Å². The number of amides is 1. The van der Waals surface area contributed by atoms with E-state index in [0.717, 1.165) is 0 Å². The molecule has 166 valence electrons. The number of nitrogens with one attached hydrogen (secondary N) is 2. The van der Waals surface area contributed by atoms with Crippen molar-refractivity contribution in [3.8, 4) is 0 Å². The molecule has 9 heteroatoms. The number of benzene rings is 3. The van der Waals surface area contributed by atoms with Crippen molar-refractivity contribution in [3.05, 3.63) is 88.4 Å². The van der Waals surface area contributed by atoms with Gasteiger partial charge in [0.15, 0.2) is 0 Å². The fourth-order valence-corrected chi connectivity index (χ4v) is 4.30. The molecule has 0 radical (unpaired) electrons. The monoisotopic (exact) mass is 472 g/mol. The molecule has 3 aromatic rings. The number of carbonyl (C=O) groups excluding carboxylic acids is 2. The van der Waals surface area contributed by atoms with Crippen molar-refractivity contribution in [3.63, 3.8) is 0 Å². The average Bonchev–Trinajstić information content (AvgIpc) is 2.76. The predicted molar refractivity (Wildman–Crippen MR) is 124 cm³/mol. The predicted octanol–water partition coefficient (Wildman–Crippen LogP) is 4.88. The Morgan fingerprint density at radius 2 is 1.72 bits per heavy atom. The molecule has 0 saturated heterocycles. The number of hydrogen-bond donors (Lipinski definition) is 2. The van der Waals surface area contributed by atoms with Crippen LogP contribution in [0.15, 0.2) is 71.6 Å². The Balaban J connectivity index is 1.74. The fourth-order valence-electron chi connectivity index (χ4n) is 2.89. The van der Waals surface area contributed by atoms with Crippen LogP contribution >= 0.6 is 11.6 Å².